The Morgan fingerprint density at radius 2 is 2.28 bits per heavy atom. The van der Waals surface area contributed by atoms with Crippen LogP contribution in [0.5, 0.6) is 5.88 Å². The van der Waals surface area contributed by atoms with Gasteiger partial charge in [0.2, 0.25) is 5.88 Å². The van der Waals surface area contributed by atoms with E-state index in [9.17, 15) is 0 Å². The first-order valence-corrected chi connectivity index (χ1v) is 6.91. The van der Waals surface area contributed by atoms with Crippen molar-refractivity contribution < 1.29 is 4.74 Å². The standard InChI is InChI=1S/C13H15N3OS/c1-8-11(14)15-12(9-4-5-9)16-13(8)17-7-10-3-2-6-18-10/h2-3,6,9H,4-5,7H2,1H3,(H2,14,15,16). The maximum absolute atomic E-state index is 5.91. The molecule has 18 heavy (non-hydrogen) atoms. The van der Waals surface area contributed by atoms with Gasteiger partial charge in [0.25, 0.3) is 0 Å². The average Bonchev–Trinajstić information content (AvgIpc) is 3.08. The van der Waals surface area contributed by atoms with E-state index in [0.29, 0.717) is 24.2 Å². The van der Waals surface area contributed by atoms with Crippen molar-refractivity contribution in [3.63, 3.8) is 0 Å². The molecule has 94 valence electrons. The predicted octanol–water partition coefficient (Wildman–Crippen LogP) is 2.89. The van der Waals surface area contributed by atoms with Crippen LogP contribution in [0.2, 0.25) is 0 Å². The number of nitrogen functional groups attached to an aromatic ring is 1. The Morgan fingerprint density at radius 3 is 2.94 bits per heavy atom. The van der Waals surface area contributed by atoms with Crippen LogP contribution in [0.3, 0.4) is 0 Å². The van der Waals surface area contributed by atoms with Crippen molar-refractivity contribution in [2.75, 3.05) is 5.73 Å². The number of nitrogens with zero attached hydrogens (tertiary/aromatic N) is 2. The molecular weight excluding hydrogens is 246 g/mol. The topological polar surface area (TPSA) is 61.0 Å². The van der Waals surface area contributed by atoms with Gasteiger partial charge in [-0.1, -0.05) is 6.07 Å². The van der Waals surface area contributed by atoms with E-state index in [1.165, 1.54) is 4.88 Å². The third-order valence-electron chi connectivity index (χ3n) is 3.03. The number of aromatic nitrogens is 2. The van der Waals surface area contributed by atoms with Crippen LogP contribution < -0.4 is 10.5 Å². The minimum Gasteiger partial charge on any atom is -0.472 e. The molecule has 0 saturated heterocycles. The second-order valence-corrected chi connectivity index (χ2v) is 5.57. The molecule has 1 saturated carbocycles. The van der Waals surface area contributed by atoms with E-state index in [2.05, 4.69) is 9.97 Å². The first-order chi connectivity index (χ1) is 8.74. The largest absolute Gasteiger partial charge is 0.472 e. The van der Waals surface area contributed by atoms with Gasteiger partial charge in [-0.2, -0.15) is 4.98 Å². The molecule has 5 heteroatoms. The van der Waals surface area contributed by atoms with Crippen LogP contribution in [-0.4, -0.2) is 9.97 Å². The van der Waals surface area contributed by atoms with E-state index in [-0.39, 0.29) is 0 Å². The summed E-state index contributed by atoms with van der Waals surface area (Å²) in [4.78, 5) is 10.00. The van der Waals surface area contributed by atoms with Crippen molar-refractivity contribution in [3.8, 4) is 5.88 Å². The van der Waals surface area contributed by atoms with Crippen molar-refractivity contribution in [1.82, 2.24) is 9.97 Å². The fourth-order valence-electron chi connectivity index (χ4n) is 1.73. The number of nitrogens with two attached hydrogens (primary N) is 1. The van der Waals surface area contributed by atoms with Gasteiger partial charge in [0.05, 0.1) is 5.56 Å². The molecule has 0 radical (unpaired) electrons. The molecule has 2 aromatic heterocycles. The van der Waals surface area contributed by atoms with Crippen molar-refractivity contribution in [1.29, 1.82) is 0 Å². The highest BCUT2D eigenvalue weighted by Gasteiger charge is 2.28. The lowest BCUT2D eigenvalue weighted by atomic mass is 10.3. The van der Waals surface area contributed by atoms with Crippen LogP contribution in [0, 0.1) is 6.92 Å². The van der Waals surface area contributed by atoms with Gasteiger partial charge in [0.15, 0.2) is 0 Å². The molecule has 0 bridgehead atoms. The molecule has 2 heterocycles. The second kappa shape index (κ2) is 4.57. The lowest BCUT2D eigenvalue weighted by Gasteiger charge is -2.10. The molecule has 1 aliphatic rings. The first-order valence-electron chi connectivity index (χ1n) is 6.03. The summed E-state index contributed by atoms with van der Waals surface area (Å²) in [5.74, 6) is 2.47. The van der Waals surface area contributed by atoms with Crippen LogP contribution in [0.1, 0.15) is 35.0 Å². The number of ether oxygens (including phenoxy) is 1. The van der Waals surface area contributed by atoms with Gasteiger partial charge < -0.3 is 10.5 Å². The van der Waals surface area contributed by atoms with Crippen LogP contribution in [0.4, 0.5) is 5.82 Å². The summed E-state index contributed by atoms with van der Waals surface area (Å²) in [7, 11) is 0. The van der Waals surface area contributed by atoms with Gasteiger partial charge in [-0.15, -0.1) is 11.3 Å². The van der Waals surface area contributed by atoms with Gasteiger partial charge in [0.1, 0.15) is 18.2 Å². The van der Waals surface area contributed by atoms with Crippen LogP contribution in [0.15, 0.2) is 17.5 Å². The number of hydrogen-bond donors (Lipinski definition) is 1. The summed E-state index contributed by atoms with van der Waals surface area (Å²) in [6.07, 6.45) is 2.32. The fourth-order valence-corrected chi connectivity index (χ4v) is 2.34. The van der Waals surface area contributed by atoms with E-state index < -0.39 is 0 Å². The smallest absolute Gasteiger partial charge is 0.222 e. The van der Waals surface area contributed by atoms with E-state index >= 15 is 0 Å². The molecule has 1 aliphatic carbocycles. The minimum absolute atomic E-state index is 0.483. The molecule has 0 atom stereocenters. The highest BCUT2D eigenvalue weighted by molar-refractivity contribution is 7.09. The molecule has 0 aromatic carbocycles. The molecule has 0 amide bonds. The van der Waals surface area contributed by atoms with E-state index in [1.54, 1.807) is 11.3 Å². The second-order valence-electron chi connectivity index (χ2n) is 4.54. The summed E-state index contributed by atoms with van der Waals surface area (Å²) in [6.45, 7) is 2.44. The zero-order valence-electron chi connectivity index (χ0n) is 10.2. The molecular formula is C13H15N3OS. The molecule has 0 spiro atoms. The summed E-state index contributed by atoms with van der Waals surface area (Å²) in [5, 5.41) is 2.04. The van der Waals surface area contributed by atoms with Crippen molar-refractivity contribution in [2.45, 2.75) is 32.3 Å². The Morgan fingerprint density at radius 1 is 1.44 bits per heavy atom. The predicted molar refractivity (Wildman–Crippen MR) is 71.8 cm³/mol. The SMILES string of the molecule is Cc1c(N)nc(C2CC2)nc1OCc1cccs1. The van der Waals surface area contributed by atoms with Gasteiger partial charge in [-0.3, -0.25) is 0 Å². The van der Waals surface area contributed by atoms with Crippen molar-refractivity contribution in [3.05, 3.63) is 33.8 Å². The molecule has 4 nitrogen and oxygen atoms in total. The summed E-state index contributed by atoms with van der Waals surface area (Å²) in [6, 6.07) is 4.06. The number of hydrogen-bond acceptors (Lipinski definition) is 5. The van der Waals surface area contributed by atoms with E-state index in [1.807, 2.05) is 24.4 Å². The Labute approximate surface area is 110 Å². The van der Waals surface area contributed by atoms with E-state index in [4.69, 9.17) is 10.5 Å². The quantitative estimate of drug-likeness (QED) is 0.919. The lowest BCUT2D eigenvalue weighted by Crippen LogP contribution is -2.06. The fraction of sp³-hybridized carbons (Fsp3) is 0.385. The van der Waals surface area contributed by atoms with Crippen LogP contribution in [0.25, 0.3) is 0 Å². The molecule has 0 aliphatic heterocycles. The number of anilines is 1. The highest BCUT2D eigenvalue weighted by atomic mass is 32.1. The number of thiophene rings is 1. The average molecular weight is 261 g/mol. The van der Waals surface area contributed by atoms with Crippen LogP contribution >= 0.6 is 11.3 Å². The number of rotatable bonds is 4. The lowest BCUT2D eigenvalue weighted by molar-refractivity contribution is 0.293. The molecule has 3 rings (SSSR count). The zero-order valence-corrected chi connectivity index (χ0v) is 11.0. The summed E-state index contributed by atoms with van der Waals surface area (Å²) in [5.41, 5.74) is 6.74. The Bertz CT molecular complexity index is 550. The van der Waals surface area contributed by atoms with Gasteiger partial charge in [-0.05, 0) is 31.2 Å². The Hall–Kier alpha value is -1.62. The normalized spacial score (nSPS) is 14.7. The first kappa shape index (κ1) is 11.5. The maximum atomic E-state index is 5.91. The highest BCUT2D eigenvalue weighted by Crippen LogP contribution is 2.39. The van der Waals surface area contributed by atoms with Gasteiger partial charge >= 0.3 is 0 Å². The molecule has 2 aromatic rings. The zero-order chi connectivity index (χ0) is 12.5. The summed E-state index contributed by atoms with van der Waals surface area (Å²) >= 11 is 1.68. The van der Waals surface area contributed by atoms with Crippen molar-refractivity contribution >= 4 is 17.2 Å². The Balaban J connectivity index is 1.81. The third kappa shape index (κ3) is 2.31. The van der Waals surface area contributed by atoms with Crippen molar-refractivity contribution in [2.24, 2.45) is 0 Å². The van der Waals surface area contributed by atoms with E-state index in [0.717, 1.165) is 24.2 Å². The van der Waals surface area contributed by atoms with Crippen LogP contribution in [-0.2, 0) is 6.61 Å². The summed E-state index contributed by atoms with van der Waals surface area (Å²) < 4.78 is 5.76. The molecule has 1 fully saturated rings. The van der Waals surface area contributed by atoms with Gasteiger partial charge in [-0.25, -0.2) is 4.98 Å². The molecule has 0 unspecified atom stereocenters. The Kier molecular flexibility index (Phi) is 2.91. The monoisotopic (exact) mass is 261 g/mol. The maximum Gasteiger partial charge on any atom is 0.222 e. The third-order valence-corrected chi connectivity index (χ3v) is 3.88. The van der Waals surface area contributed by atoms with Gasteiger partial charge in [0, 0.05) is 10.8 Å². The molecule has 2 N–H and O–H groups in total. The minimum atomic E-state index is 0.483.